The number of ether oxygens (including phenoxy) is 1. The molecule has 1 N–H and O–H groups in total. The molecule has 0 atom stereocenters. The zero-order chi connectivity index (χ0) is 20.2. The third-order valence-electron chi connectivity index (χ3n) is 4.86. The number of nitrogens with one attached hydrogen (secondary N) is 1. The molecule has 1 heterocycles. The van der Waals surface area contributed by atoms with Gasteiger partial charge in [0.1, 0.15) is 11.8 Å². The Morgan fingerprint density at radius 2 is 1.96 bits per heavy atom. The molecule has 28 heavy (non-hydrogen) atoms. The average Bonchev–Trinajstić information content (AvgIpc) is 2.74. The molecule has 0 aromatic heterocycles. The van der Waals surface area contributed by atoms with E-state index in [0.717, 1.165) is 31.4 Å². The van der Waals surface area contributed by atoms with Gasteiger partial charge in [-0.3, -0.25) is 9.59 Å². The fourth-order valence-electron chi connectivity index (χ4n) is 3.16. The number of hydrogen-bond acceptors (Lipinski definition) is 4. The zero-order valence-corrected chi connectivity index (χ0v) is 16.5. The van der Waals surface area contributed by atoms with Gasteiger partial charge in [0.25, 0.3) is 0 Å². The molecule has 2 rings (SSSR count). The predicted molar refractivity (Wildman–Crippen MR) is 108 cm³/mol. The molecule has 0 aliphatic carbocycles. The van der Waals surface area contributed by atoms with E-state index in [1.165, 1.54) is 0 Å². The third-order valence-corrected chi connectivity index (χ3v) is 4.86. The van der Waals surface area contributed by atoms with Gasteiger partial charge in [0.05, 0.1) is 0 Å². The maximum atomic E-state index is 12.4. The van der Waals surface area contributed by atoms with Gasteiger partial charge in [0, 0.05) is 31.6 Å². The topological polar surface area (TPSA) is 82.4 Å². The Labute approximate surface area is 167 Å². The number of nitrogens with zero attached hydrogens (tertiary/aromatic N) is 2. The van der Waals surface area contributed by atoms with Crippen molar-refractivity contribution >= 4 is 17.9 Å². The van der Waals surface area contributed by atoms with Crippen molar-refractivity contribution in [3.63, 3.8) is 0 Å². The van der Waals surface area contributed by atoms with Gasteiger partial charge in [-0.1, -0.05) is 31.9 Å². The van der Waals surface area contributed by atoms with Gasteiger partial charge in [-0.15, -0.1) is 0 Å². The number of nitriles is 1. The highest BCUT2D eigenvalue weighted by Gasteiger charge is 2.26. The summed E-state index contributed by atoms with van der Waals surface area (Å²) in [5, 5.41) is 11.5. The van der Waals surface area contributed by atoms with Gasteiger partial charge in [0.2, 0.25) is 11.8 Å². The summed E-state index contributed by atoms with van der Waals surface area (Å²) in [5.74, 6) is 0.722. The third kappa shape index (κ3) is 7.07. The van der Waals surface area contributed by atoms with Crippen molar-refractivity contribution in [2.24, 2.45) is 5.92 Å². The fraction of sp³-hybridized carbons (Fsp3) is 0.500. The number of benzene rings is 1. The first-order valence-electron chi connectivity index (χ1n) is 9.98. The van der Waals surface area contributed by atoms with E-state index in [-0.39, 0.29) is 24.3 Å². The number of likely N-dealkylation sites (tertiary alicyclic amines) is 1. The molecule has 0 bridgehead atoms. The van der Waals surface area contributed by atoms with Gasteiger partial charge < -0.3 is 15.0 Å². The summed E-state index contributed by atoms with van der Waals surface area (Å²) in [6, 6.07) is 9.14. The number of piperidine rings is 1. The largest absolute Gasteiger partial charge is 0.479 e. The Morgan fingerprint density at radius 1 is 1.25 bits per heavy atom. The van der Waals surface area contributed by atoms with E-state index in [1.807, 2.05) is 18.2 Å². The summed E-state index contributed by atoms with van der Waals surface area (Å²) in [7, 11) is 0. The second-order valence-corrected chi connectivity index (χ2v) is 6.95. The molecular weight excluding hydrogens is 354 g/mol. The second kappa shape index (κ2) is 11.8. The van der Waals surface area contributed by atoms with Crippen molar-refractivity contribution in [2.45, 2.75) is 39.0 Å². The summed E-state index contributed by atoms with van der Waals surface area (Å²) >= 11 is 0. The first kappa shape index (κ1) is 21.5. The summed E-state index contributed by atoms with van der Waals surface area (Å²) in [5.41, 5.74) is 0.888. The second-order valence-electron chi connectivity index (χ2n) is 6.95. The molecule has 6 heteroatoms. The maximum Gasteiger partial charge on any atom is 0.246 e. The van der Waals surface area contributed by atoms with Crippen LogP contribution in [0.1, 0.15) is 44.6 Å². The highest BCUT2D eigenvalue weighted by Crippen LogP contribution is 2.18. The lowest BCUT2D eigenvalue weighted by molar-refractivity contribution is -0.132. The number of hydrogen-bond donors (Lipinski definition) is 1. The van der Waals surface area contributed by atoms with Crippen LogP contribution >= 0.6 is 0 Å². The van der Waals surface area contributed by atoms with Crippen molar-refractivity contribution in [1.29, 1.82) is 5.26 Å². The number of carbonyl (C=O) groups excluding carboxylic acids is 2. The van der Waals surface area contributed by atoms with Crippen LogP contribution in [0.25, 0.3) is 6.08 Å². The summed E-state index contributed by atoms with van der Waals surface area (Å²) in [6.45, 7) is 4.12. The van der Waals surface area contributed by atoms with E-state index in [4.69, 9.17) is 10.00 Å². The van der Waals surface area contributed by atoms with E-state index in [1.54, 1.807) is 29.2 Å². The van der Waals surface area contributed by atoms with Gasteiger partial charge in [-0.2, -0.15) is 5.26 Å². The minimum atomic E-state index is -0.0355. The van der Waals surface area contributed by atoms with Crippen LogP contribution in [-0.2, 0) is 9.59 Å². The molecule has 1 aromatic carbocycles. The normalized spacial score (nSPS) is 14.6. The van der Waals surface area contributed by atoms with Gasteiger partial charge in [0.15, 0.2) is 6.61 Å². The molecule has 1 aromatic rings. The molecule has 6 nitrogen and oxygen atoms in total. The molecule has 2 amide bonds. The number of amides is 2. The molecule has 1 aliphatic rings. The number of rotatable bonds is 9. The van der Waals surface area contributed by atoms with Crippen LogP contribution in [0, 0.1) is 17.2 Å². The van der Waals surface area contributed by atoms with Gasteiger partial charge in [-0.25, -0.2) is 0 Å². The molecule has 1 saturated heterocycles. The van der Waals surface area contributed by atoms with Crippen molar-refractivity contribution in [2.75, 3.05) is 26.2 Å². The smallest absolute Gasteiger partial charge is 0.246 e. The molecule has 0 spiro atoms. The molecular formula is C22H29N3O3. The van der Waals surface area contributed by atoms with Crippen LogP contribution in [-0.4, -0.2) is 43.0 Å². The lowest BCUT2D eigenvalue weighted by atomic mass is 9.95. The maximum absolute atomic E-state index is 12.4. The highest BCUT2D eigenvalue weighted by molar-refractivity contribution is 5.92. The lowest BCUT2D eigenvalue weighted by Gasteiger charge is -2.30. The minimum absolute atomic E-state index is 0.00983. The molecule has 1 fully saturated rings. The Kier molecular flexibility index (Phi) is 9.06. The van der Waals surface area contributed by atoms with Crippen LogP contribution in [0.15, 0.2) is 30.3 Å². The minimum Gasteiger partial charge on any atom is -0.479 e. The predicted octanol–water partition coefficient (Wildman–Crippen LogP) is 3.15. The van der Waals surface area contributed by atoms with Crippen LogP contribution in [0.3, 0.4) is 0 Å². The van der Waals surface area contributed by atoms with Crippen molar-refractivity contribution in [3.8, 4) is 11.8 Å². The van der Waals surface area contributed by atoms with Crippen LogP contribution in [0.4, 0.5) is 0 Å². The van der Waals surface area contributed by atoms with Gasteiger partial charge in [-0.05, 0) is 43.0 Å². The Balaban J connectivity index is 1.74. The SMILES string of the molecule is CCCCCNC(=O)C1CCN(C(=O)C=Cc2ccc(OCC#N)cc2)CC1. The van der Waals surface area contributed by atoms with E-state index < -0.39 is 0 Å². The quantitative estimate of drug-likeness (QED) is 0.525. The summed E-state index contributed by atoms with van der Waals surface area (Å²) < 4.78 is 5.20. The summed E-state index contributed by atoms with van der Waals surface area (Å²) in [4.78, 5) is 26.4. The number of carbonyl (C=O) groups is 2. The fourth-order valence-corrected chi connectivity index (χ4v) is 3.16. The first-order chi connectivity index (χ1) is 13.6. The molecule has 0 saturated carbocycles. The average molecular weight is 383 g/mol. The monoisotopic (exact) mass is 383 g/mol. The molecule has 0 radical (unpaired) electrons. The lowest BCUT2D eigenvalue weighted by Crippen LogP contribution is -2.42. The molecule has 0 unspecified atom stereocenters. The van der Waals surface area contributed by atoms with E-state index in [0.29, 0.717) is 31.7 Å². The van der Waals surface area contributed by atoms with Crippen LogP contribution in [0.5, 0.6) is 5.75 Å². The Hall–Kier alpha value is -2.81. The first-order valence-corrected chi connectivity index (χ1v) is 9.98. The van der Waals surface area contributed by atoms with Gasteiger partial charge >= 0.3 is 0 Å². The number of unbranched alkanes of at least 4 members (excludes halogenated alkanes) is 2. The molecule has 1 aliphatic heterocycles. The van der Waals surface area contributed by atoms with E-state index >= 15 is 0 Å². The van der Waals surface area contributed by atoms with Crippen molar-refractivity contribution in [3.05, 3.63) is 35.9 Å². The van der Waals surface area contributed by atoms with Crippen molar-refractivity contribution in [1.82, 2.24) is 10.2 Å². The Morgan fingerprint density at radius 3 is 2.61 bits per heavy atom. The summed E-state index contributed by atoms with van der Waals surface area (Å²) in [6.07, 6.45) is 8.06. The van der Waals surface area contributed by atoms with Crippen LogP contribution < -0.4 is 10.1 Å². The van der Waals surface area contributed by atoms with E-state index in [2.05, 4.69) is 12.2 Å². The van der Waals surface area contributed by atoms with Crippen molar-refractivity contribution < 1.29 is 14.3 Å². The highest BCUT2D eigenvalue weighted by atomic mass is 16.5. The Bertz CT molecular complexity index is 699. The molecule has 150 valence electrons. The standard InChI is InChI=1S/C22H29N3O3/c1-2-3-4-14-24-22(27)19-11-15-25(16-12-19)21(26)10-7-18-5-8-20(9-6-18)28-17-13-23/h5-10,19H,2-4,11-12,14-17H2,1H3,(H,24,27). The zero-order valence-electron chi connectivity index (χ0n) is 16.5. The van der Waals surface area contributed by atoms with Crippen LogP contribution in [0.2, 0.25) is 0 Å². The van der Waals surface area contributed by atoms with E-state index in [9.17, 15) is 9.59 Å².